The van der Waals surface area contributed by atoms with Gasteiger partial charge in [-0.1, -0.05) is 24.3 Å². The van der Waals surface area contributed by atoms with Crippen LogP contribution in [0.1, 0.15) is 17.3 Å². The molecule has 2 rings (SSSR count). The average Bonchev–Trinajstić information content (AvgIpc) is 2.49. The van der Waals surface area contributed by atoms with Gasteiger partial charge < -0.3 is 10.4 Å². The number of hydrogen-bond acceptors (Lipinski definition) is 2. The van der Waals surface area contributed by atoms with Gasteiger partial charge in [-0.3, -0.25) is 4.90 Å². The van der Waals surface area contributed by atoms with Gasteiger partial charge in [0.2, 0.25) is 0 Å². The van der Waals surface area contributed by atoms with Crippen molar-refractivity contribution in [3.8, 4) is 0 Å². The maximum atomic E-state index is 12.3. The highest BCUT2D eigenvalue weighted by Crippen LogP contribution is 2.16. The molecule has 0 spiro atoms. The van der Waals surface area contributed by atoms with Gasteiger partial charge in [-0.2, -0.15) is 0 Å². The number of benzene rings is 2. The summed E-state index contributed by atoms with van der Waals surface area (Å²) < 4.78 is 0. The van der Waals surface area contributed by atoms with Gasteiger partial charge in [0.1, 0.15) is 0 Å². The van der Waals surface area contributed by atoms with Crippen molar-refractivity contribution in [3.05, 3.63) is 60.2 Å². The molecular formula is C16H16N2O3. The summed E-state index contributed by atoms with van der Waals surface area (Å²) in [6.45, 7) is 2.38. The van der Waals surface area contributed by atoms with Crippen molar-refractivity contribution in [3.63, 3.8) is 0 Å². The van der Waals surface area contributed by atoms with E-state index in [0.29, 0.717) is 12.2 Å². The molecule has 2 aromatic carbocycles. The normalized spacial score (nSPS) is 9.95. The van der Waals surface area contributed by atoms with E-state index < -0.39 is 5.97 Å². The molecule has 0 aliphatic carbocycles. The fraction of sp³-hybridized carbons (Fsp3) is 0.125. The van der Waals surface area contributed by atoms with Crippen LogP contribution in [0.5, 0.6) is 0 Å². The molecule has 0 radical (unpaired) electrons. The van der Waals surface area contributed by atoms with Gasteiger partial charge in [-0.05, 0) is 37.3 Å². The van der Waals surface area contributed by atoms with Crippen LogP contribution in [0.15, 0.2) is 54.6 Å². The molecule has 0 atom stereocenters. The highest BCUT2D eigenvalue weighted by Gasteiger charge is 2.14. The molecule has 0 fully saturated rings. The molecule has 0 heterocycles. The molecule has 5 heteroatoms. The van der Waals surface area contributed by atoms with Crippen molar-refractivity contribution in [1.29, 1.82) is 0 Å². The Bertz CT molecular complexity index is 641. The second-order valence-corrected chi connectivity index (χ2v) is 4.40. The smallest absolute Gasteiger partial charge is 0.335 e. The Labute approximate surface area is 122 Å². The molecular weight excluding hydrogens is 268 g/mol. The maximum absolute atomic E-state index is 12.3. The lowest BCUT2D eigenvalue weighted by molar-refractivity contribution is 0.0697. The van der Waals surface area contributed by atoms with Gasteiger partial charge in [-0.25, -0.2) is 9.59 Å². The number of carboxylic acids is 1. The summed E-state index contributed by atoms with van der Waals surface area (Å²) in [5.41, 5.74) is 1.37. The molecule has 2 aromatic rings. The van der Waals surface area contributed by atoms with Crippen LogP contribution in [0, 0.1) is 0 Å². The van der Waals surface area contributed by atoms with E-state index in [1.807, 2.05) is 37.3 Å². The summed E-state index contributed by atoms with van der Waals surface area (Å²) in [4.78, 5) is 24.8. The molecule has 5 nitrogen and oxygen atoms in total. The number of nitrogens with zero attached hydrogens (tertiary/aromatic N) is 1. The third kappa shape index (κ3) is 3.60. The SMILES string of the molecule is CCN(C(=O)Nc1cccc(C(=O)O)c1)c1ccccc1. The molecule has 2 amide bonds. The zero-order valence-corrected chi connectivity index (χ0v) is 11.6. The molecule has 0 bridgehead atoms. The highest BCUT2D eigenvalue weighted by molar-refractivity contribution is 6.02. The second-order valence-electron chi connectivity index (χ2n) is 4.40. The highest BCUT2D eigenvalue weighted by atomic mass is 16.4. The molecule has 0 aliphatic heterocycles. The number of anilines is 2. The average molecular weight is 284 g/mol. The molecule has 0 aliphatic rings. The van der Waals surface area contributed by atoms with Gasteiger partial charge in [0.05, 0.1) is 5.56 Å². The van der Waals surface area contributed by atoms with Crippen LogP contribution in [0.4, 0.5) is 16.2 Å². The molecule has 2 N–H and O–H groups in total. The minimum Gasteiger partial charge on any atom is -0.478 e. The lowest BCUT2D eigenvalue weighted by atomic mass is 10.2. The summed E-state index contributed by atoms with van der Waals surface area (Å²) in [6, 6.07) is 15.1. The zero-order valence-electron chi connectivity index (χ0n) is 11.6. The quantitative estimate of drug-likeness (QED) is 0.903. The maximum Gasteiger partial charge on any atom is 0.335 e. The monoisotopic (exact) mass is 284 g/mol. The van der Waals surface area contributed by atoms with Crippen LogP contribution in [-0.2, 0) is 0 Å². The summed E-state index contributed by atoms with van der Waals surface area (Å²) >= 11 is 0. The van der Waals surface area contributed by atoms with Crippen molar-refractivity contribution in [2.45, 2.75) is 6.92 Å². The number of carboxylic acid groups (broad SMARTS) is 1. The van der Waals surface area contributed by atoms with Gasteiger partial charge >= 0.3 is 12.0 Å². The third-order valence-electron chi connectivity index (χ3n) is 2.99. The van der Waals surface area contributed by atoms with Gasteiger partial charge in [0.25, 0.3) is 0 Å². The molecule has 0 saturated heterocycles. The predicted molar refractivity (Wildman–Crippen MR) is 81.9 cm³/mol. The Morgan fingerprint density at radius 2 is 1.81 bits per heavy atom. The van der Waals surface area contributed by atoms with E-state index in [4.69, 9.17) is 5.11 Å². The van der Waals surface area contributed by atoms with Crippen molar-refractivity contribution in [2.24, 2.45) is 0 Å². The van der Waals surface area contributed by atoms with Crippen molar-refractivity contribution in [2.75, 3.05) is 16.8 Å². The molecule has 0 aromatic heterocycles. The predicted octanol–water partition coefficient (Wildman–Crippen LogP) is 3.44. The van der Waals surface area contributed by atoms with Crippen LogP contribution in [0.3, 0.4) is 0 Å². The first kappa shape index (κ1) is 14.6. The third-order valence-corrected chi connectivity index (χ3v) is 2.99. The number of carbonyl (C=O) groups excluding carboxylic acids is 1. The van der Waals surface area contributed by atoms with Crippen LogP contribution in [0.2, 0.25) is 0 Å². The molecule has 108 valence electrons. The molecule has 0 unspecified atom stereocenters. The fourth-order valence-electron chi connectivity index (χ4n) is 1.97. The Balaban J connectivity index is 2.16. The lowest BCUT2D eigenvalue weighted by Gasteiger charge is -2.21. The van der Waals surface area contributed by atoms with Crippen LogP contribution >= 0.6 is 0 Å². The molecule has 21 heavy (non-hydrogen) atoms. The van der Waals surface area contributed by atoms with E-state index in [1.54, 1.807) is 17.0 Å². The second kappa shape index (κ2) is 6.56. The molecule has 0 saturated carbocycles. The van der Waals surface area contributed by atoms with Crippen molar-refractivity contribution >= 4 is 23.4 Å². The summed E-state index contributed by atoms with van der Waals surface area (Å²) in [5.74, 6) is -1.03. The number of amides is 2. The van der Waals surface area contributed by atoms with E-state index >= 15 is 0 Å². The topological polar surface area (TPSA) is 69.6 Å². The standard InChI is InChI=1S/C16H16N2O3/c1-2-18(14-9-4-3-5-10-14)16(21)17-13-8-6-7-12(11-13)15(19)20/h3-11H,2H2,1H3,(H,17,21)(H,19,20). The number of aromatic carboxylic acids is 1. The van der Waals surface area contributed by atoms with Crippen molar-refractivity contribution < 1.29 is 14.7 Å². The van der Waals surface area contributed by atoms with Crippen LogP contribution in [-0.4, -0.2) is 23.7 Å². The first-order valence-electron chi connectivity index (χ1n) is 6.58. The van der Waals surface area contributed by atoms with E-state index in [1.165, 1.54) is 12.1 Å². The zero-order chi connectivity index (χ0) is 15.2. The van der Waals surface area contributed by atoms with Crippen molar-refractivity contribution in [1.82, 2.24) is 0 Å². The fourth-order valence-corrected chi connectivity index (χ4v) is 1.97. The number of nitrogens with one attached hydrogen (secondary N) is 1. The number of hydrogen-bond donors (Lipinski definition) is 2. The van der Waals surface area contributed by atoms with Crippen LogP contribution < -0.4 is 10.2 Å². The minimum absolute atomic E-state index is 0.135. The van der Waals surface area contributed by atoms with E-state index in [0.717, 1.165) is 5.69 Å². The van der Waals surface area contributed by atoms with Gasteiger partial charge in [0, 0.05) is 17.9 Å². The largest absolute Gasteiger partial charge is 0.478 e. The first-order valence-corrected chi connectivity index (χ1v) is 6.58. The Kier molecular flexibility index (Phi) is 4.56. The number of urea groups is 1. The first-order chi connectivity index (χ1) is 10.1. The summed E-state index contributed by atoms with van der Waals surface area (Å²) in [5, 5.41) is 11.7. The van der Waals surface area contributed by atoms with E-state index in [9.17, 15) is 9.59 Å². The summed E-state index contributed by atoms with van der Waals surface area (Å²) in [6.07, 6.45) is 0. The minimum atomic E-state index is -1.03. The Morgan fingerprint density at radius 1 is 1.10 bits per heavy atom. The van der Waals surface area contributed by atoms with Crippen LogP contribution in [0.25, 0.3) is 0 Å². The van der Waals surface area contributed by atoms with Gasteiger partial charge in [-0.15, -0.1) is 0 Å². The lowest BCUT2D eigenvalue weighted by Crippen LogP contribution is -2.34. The van der Waals surface area contributed by atoms with E-state index in [2.05, 4.69) is 5.32 Å². The summed E-state index contributed by atoms with van der Waals surface area (Å²) in [7, 11) is 0. The van der Waals surface area contributed by atoms with Gasteiger partial charge in [0.15, 0.2) is 0 Å². The van der Waals surface area contributed by atoms with E-state index in [-0.39, 0.29) is 11.6 Å². The Hall–Kier alpha value is -2.82. The number of rotatable bonds is 4. The number of para-hydroxylation sites is 1. The number of carbonyl (C=O) groups is 2. The Morgan fingerprint density at radius 3 is 2.43 bits per heavy atom.